The lowest BCUT2D eigenvalue weighted by molar-refractivity contribution is 0.669. The molecule has 3 nitrogen and oxygen atoms in total. The van der Waals surface area contributed by atoms with E-state index in [0.717, 1.165) is 66.5 Å². The first-order valence-electron chi connectivity index (χ1n) is 18.9. The number of furan rings is 2. The van der Waals surface area contributed by atoms with E-state index in [1.807, 2.05) is 29.5 Å². The summed E-state index contributed by atoms with van der Waals surface area (Å²) in [7, 11) is 0. The summed E-state index contributed by atoms with van der Waals surface area (Å²) in [6, 6.07) is 67.2. The van der Waals surface area contributed by atoms with Crippen molar-refractivity contribution in [3.8, 4) is 22.3 Å². The lowest BCUT2D eigenvalue weighted by Gasteiger charge is -2.26. The van der Waals surface area contributed by atoms with Crippen molar-refractivity contribution in [3.05, 3.63) is 188 Å². The highest BCUT2D eigenvalue weighted by atomic mass is 32.1. The molecule has 12 aromatic rings. The molecule has 0 bridgehead atoms. The van der Waals surface area contributed by atoms with Crippen LogP contribution in [-0.2, 0) is 0 Å². The van der Waals surface area contributed by atoms with Crippen molar-refractivity contribution in [1.29, 1.82) is 0 Å². The Hall–Kier alpha value is -7.14. The number of thiophene rings is 1. The molecule has 9 aromatic carbocycles. The molecule has 0 spiro atoms. The molecule has 4 heteroatoms. The molecule has 0 amide bonds. The van der Waals surface area contributed by atoms with E-state index in [4.69, 9.17) is 8.83 Å². The summed E-state index contributed by atoms with van der Waals surface area (Å²) in [5.41, 5.74) is 11.6. The van der Waals surface area contributed by atoms with Gasteiger partial charge in [-0.2, -0.15) is 0 Å². The SMILES string of the molecule is c1ccc2c(-c3ccc(N(c4ccc(-c5cccc6sc7ccc8c9ccccc9oc8c7c56)cc4)c4ccc5c(c4)oc4ccccc45)cc3)cccc2c1. The van der Waals surface area contributed by atoms with Gasteiger partial charge in [-0.15, -0.1) is 11.3 Å². The minimum absolute atomic E-state index is 0.866. The fourth-order valence-electron chi connectivity index (χ4n) is 8.68. The second kappa shape index (κ2) is 12.2. The van der Waals surface area contributed by atoms with Crippen molar-refractivity contribution in [2.75, 3.05) is 4.90 Å². The summed E-state index contributed by atoms with van der Waals surface area (Å²) in [6.45, 7) is 0. The van der Waals surface area contributed by atoms with E-state index < -0.39 is 0 Å². The summed E-state index contributed by atoms with van der Waals surface area (Å²) in [6.07, 6.45) is 0. The van der Waals surface area contributed by atoms with Gasteiger partial charge in [-0.3, -0.25) is 0 Å². The number of fused-ring (bicyclic) bond motifs is 11. The second-order valence-corrected chi connectivity index (χ2v) is 15.5. The van der Waals surface area contributed by atoms with Crippen LogP contribution in [0.25, 0.3) is 97.1 Å². The molecule has 0 unspecified atom stereocenters. The van der Waals surface area contributed by atoms with Crippen LogP contribution < -0.4 is 4.90 Å². The third-order valence-electron chi connectivity index (χ3n) is 11.3. The molecule has 3 heterocycles. The lowest BCUT2D eigenvalue weighted by Crippen LogP contribution is -2.09. The Bertz CT molecular complexity index is 3470. The molecule has 0 aliphatic rings. The van der Waals surface area contributed by atoms with Gasteiger partial charge in [0.2, 0.25) is 0 Å². The average Bonchev–Trinajstić information content (AvgIpc) is 3.95. The van der Waals surface area contributed by atoms with E-state index in [9.17, 15) is 0 Å². The van der Waals surface area contributed by atoms with Gasteiger partial charge in [-0.1, -0.05) is 115 Å². The van der Waals surface area contributed by atoms with Crippen LogP contribution in [0.4, 0.5) is 17.1 Å². The fraction of sp³-hybridized carbons (Fsp3) is 0. The maximum Gasteiger partial charge on any atom is 0.144 e. The van der Waals surface area contributed by atoms with Gasteiger partial charge in [-0.25, -0.2) is 0 Å². The van der Waals surface area contributed by atoms with E-state index in [2.05, 4.69) is 175 Å². The second-order valence-electron chi connectivity index (χ2n) is 14.4. The molecular formula is C52H31NO2S. The van der Waals surface area contributed by atoms with Gasteiger partial charge in [0, 0.05) is 64.8 Å². The highest BCUT2D eigenvalue weighted by molar-refractivity contribution is 7.26. The minimum atomic E-state index is 0.866. The predicted molar refractivity (Wildman–Crippen MR) is 237 cm³/mol. The maximum atomic E-state index is 6.57. The number of nitrogens with zero attached hydrogens (tertiary/aromatic N) is 1. The van der Waals surface area contributed by atoms with E-state index in [0.29, 0.717) is 0 Å². The molecule has 0 fully saturated rings. The Labute approximate surface area is 325 Å². The molecule has 0 N–H and O–H groups in total. The Kier molecular flexibility index (Phi) is 6.80. The first kappa shape index (κ1) is 31.2. The number of hydrogen-bond acceptors (Lipinski definition) is 4. The first-order valence-corrected chi connectivity index (χ1v) is 19.7. The molecule has 262 valence electrons. The highest BCUT2D eigenvalue weighted by Gasteiger charge is 2.20. The quantitative estimate of drug-likeness (QED) is 0.176. The van der Waals surface area contributed by atoms with Crippen molar-refractivity contribution in [2.45, 2.75) is 0 Å². The molecule has 0 aliphatic heterocycles. The van der Waals surface area contributed by atoms with E-state index in [1.165, 1.54) is 47.6 Å². The van der Waals surface area contributed by atoms with Crippen LogP contribution in [0.15, 0.2) is 197 Å². The van der Waals surface area contributed by atoms with Gasteiger partial charge < -0.3 is 13.7 Å². The highest BCUT2D eigenvalue weighted by Crippen LogP contribution is 2.46. The number of anilines is 3. The van der Waals surface area contributed by atoms with E-state index in [1.54, 1.807) is 0 Å². The van der Waals surface area contributed by atoms with Crippen LogP contribution in [-0.4, -0.2) is 0 Å². The molecule has 3 aromatic heterocycles. The van der Waals surface area contributed by atoms with Crippen LogP contribution in [0.1, 0.15) is 0 Å². The van der Waals surface area contributed by atoms with Crippen molar-refractivity contribution < 1.29 is 8.83 Å². The number of benzene rings is 9. The Balaban J connectivity index is 1.00. The van der Waals surface area contributed by atoms with E-state index in [-0.39, 0.29) is 0 Å². The van der Waals surface area contributed by atoms with Crippen molar-refractivity contribution in [3.63, 3.8) is 0 Å². The number of rotatable bonds is 5. The minimum Gasteiger partial charge on any atom is -0.456 e. The average molecular weight is 734 g/mol. The third kappa shape index (κ3) is 4.76. The van der Waals surface area contributed by atoms with Crippen LogP contribution in [0.3, 0.4) is 0 Å². The molecule has 0 radical (unpaired) electrons. The Morgan fingerprint density at radius 3 is 1.70 bits per heavy atom. The summed E-state index contributed by atoms with van der Waals surface area (Å²) >= 11 is 1.82. The molecule has 0 saturated carbocycles. The van der Waals surface area contributed by atoms with Crippen LogP contribution in [0.2, 0.25) is 0 Å². The predicted octanol–water partition coefficient (Wildman–Crippen LogP) is 15.8. The number of para-hydroxylation sites is 2. The van der Waals surface area contributed by atoms with Crippen molar-refractivity contribution in [1.82, 2.24) is 0 Å². The molecule has 56 heavy (non-hydrogen) atoms. The monoisotopic (exact) mass is 733 g/mol. The zero-order chi connectivity index (χ0) is 36.7. The fourth-order valence-corrected chi connectivity index (χ4v) is 9.81. The van der Waals surface area contributed by atoms with Gasteiger partial charge in [-0.05, 0) is 99.8 Å². The number of hydrogen-bond donors (Lipinski definition) is 0. The summed E-state index contributed by atoms with van der Waals surface area (Å²) < 4.78 is 15.4. The van der Waals surface area contributed by atoms with E-state index >= 15 is 0 Å². The van der Waals surface area contributed by atoms with Crippen molar-refractivity contribution >= 4 is 103 Å². The van der Waals surface area contributed by atoms with Gasteiger partial charge in [0.15, 0.2) is 0 Å². The van der Waals surface area contributed by atoms with Crippen molar-refractivity contribution in [2.24, 2.45) is 0 Å². The lowest BCUT2D eigenvalue weighted by atomic mass is 9.97. The normalized spacial score (nSPS) is 11.9. The Morgan fingerprint density at radius 2 is 0.911 bits per heavy atom. The molecule has 0 saturated heterocycles. The van der Waals surface area contributed by atoms with Crippen LogP contribution in [0.5, 0.6) is 0 Å². The summed E-state index contributed by atoms with van der Waals surface area (Å²) in [5.74, 6) is 0. The molecule has 12 rings (SSSR count). The largest absolute Gasteiger partial charge is 0.456 e. The van der Waals surface area contributed by atoms with Crippen LogP contribution >= 0.6 is 11.3 Å². The van der Waals surface area contributed by atoms with Gasteiger partial charge >= 0.3 is 0 Å². The summed E-state index contributed by atoms with van der Waals surface area (Å²) in [4.78, 5) is 2.32. The zero-order valence-corrected chi connectivity index (χ0v) is 30.9. The molecular weight excluding hydrogens is 703 g/mol. The topological polar surface area (TPSA) is 29.5 Å². The maximum absolute atomic E-state index is 6.57. The molecule has 0 atom stereocenters. The summed E-state index contributed by atoms with van der Waals surface area (Å²) in [5, 5.41) is 9.45. The third-order valence-corrected chi connectivity index (χ3v) is 12.4. The van der Waals surface area contributed by atoms with Gasteiger partial charge in [0.25, 0.3) is 0 Å². The smallest absolute Gasteiger partial charge is 0.144 e. The Morgan fingerprint density at radius 1 is 0.357 bits per heavy atom. The first-order chi connectivity index (χ1) is 27.7. The zero-order valence-electron chi connectivity index (χ0n) is 30.1. The van der Waals surface area contributed by atoms with Gasteiger partial charge in [0.1, 0.15) is 22.3 Å². The molecule has 0 aliphatic carbocycles. The standard InChI is InChI=1S/C52H31NO2S/c1-2-11-38-32(9-1)10-7-14-39(38)33-19-23-35(24-20-33)53(37-27-28-43-41-12-3-5-16-45(41)54-47(43)31-37)36-25-21-34(22-26-36)40-15-8-18-48-50(40)51-49(56-48)30-29-44-42-13-4-6-17-46(42)55-52(44)51/h1-31H. The van der Waals surface area contributed by atoms with Gasteiger partial charge in [0.05, 0.1) is 0 Å². The van der Waals surface area contributed by atoms with Crippen LogP contribution in [0, 0.1) is 0 Å².